The summed E-state index contributed by atoms with van der Waals surface area (Å²) >= 11 is 0. The third-order valence-corrected chi connectivity index (χ3v) is 8.21. The van der Waals surface area contributed by atoms with Crippen molar-refractivity contribution in [3.8, 4) is 28.3 Å². The van der Waals surface area contributed by atoms with Crippen LogP contribution < -0.4 is 4.74 Å². The van der Waals surface area contributed by atoms with Gasteiger partial charge >= 0.3 is 0 Å². The number of nitrogens with zero attached hydrogens (tertiary/aromatic N) is 4. The van der Waals surface area contributed by atoms with Crippen LogP contribution in [-0.2, 0) is 5.41 Å². The van der Waals surface area contributed by atoms with Crippen molar-refractivity contribution in [3.05, 3.63) is 96.0 Å². The second-order valence-electron chi connectivity index (χ2n) is 10.7. The van der Waals surface area contributed by atoms with E-state index in [-0.39, 0.29) is 17.4 Å². The molecular formula is C32H28N4O3. The summed E-state index contributed by atoms with van der Waals surface area (Å²) in [5.41, 5.74) is 5.84. The molecule has 39 heavy (non-hydrogen) atoms. The molecule has 1 spiro atoms. The standard InChI is InChI=1S/C32H28N4O3/c1-20-18-32(19-38-29-16-26-4-3-14-33-28(26)17-27(29)32)13-15-36(20)31(37)25-11-7-23(8-12-25)22-5-9-24(10-6-22)30-35-34-21(2)39-30/h3-12,14,16-17,20H,13,15,18-19H2,1-2H3. The zero-order valence-electron chi connectivity index (χ0n) is 21.9. The number of ether oxygens (including phenoxy) is 1. The number of carbonyl (C=O) groups is 1. The van der Waals surface area contributed by atoms with Crippen molar-refractivity contribution in [2.45, 2.75) is 38.1 Å². The van der Waals surface area contributed by atoms with Gasteiger partial charge in [-0.05, 0) is 73.4 Å². The van der Waals surface area contributed by atoms with Crippen LogP contribution in [0.2, 0.25) is 0 Å². The summed E-state index contributed by atoms with van der Waals surface area (Å²) < 4.78 is 11.7. The number of fused-ring (bicyclic) bond motifs is 3. The average molecular weight is 517 g/mol. The maximum atomic E-state index is 13.5. The lowest BCUT2D eigenvalue weighted by atomic mass is 9.71. The molecule has 2 aliphatic heterocycles. The highest BCUT2D eigenvalue weighted by atomic mass is 16.5. The molecule has 0 N–H and O–H groups in total. The number of rotatable bonds is 3. The topological polar surface area (TPSA) is 81.4 Å². The molecule has 1 saturated heterocycles. The molecule has 7 nitrogen and oxygen atoms in total. The van der Waals surface area contributed by atoms with E-state index in [1.165, 1.54) is 5.56 Å². The number of likely N-dealkylation sites (tertiary alicyclic amines) is 1. The molecule has 4 heterocycles. The Bertz CT molecular complexity index is 1690. The molecule has 0 saturated carbocycles. The molecule has 2 atom stereocenters. The molecule has 1 amide bonds. The Morgan fingerprint density at radius 1 is 0.974 bits per heavy atom. The van der Waals surface area contributed by atoms with Crippen LogP contribution in [0.1, 0.15) is 41.6 Å². The van der Waals surface area contributed by atoms with Crippen LogP contribution in [0, 0.1) is 6.92 Å². The molecule has 7 heteroatoms. The van der Waals surface area contributed by atoms with E-state index in [1.54, 1.807) is 6.92 Å². The van der Waals surface area contributed by atoms with Crippen LogP contribution >= 0.6 is 0 Å². The fourth-order valence-corrected chi connectivity index (χ4v) is 6.13. The third-order valence-electron chi connectivity index (χ3n) is 8.21. The number of amides is 1. The summed E-state index contributed by atoms with van der Waals surface area (Å²) in [5.74, 6) is 2.08. The molecule has 3 aromatic carbocycles. The normalized spacial score (nSPS) is 20.3. The molecule has 7 rings (SSSR count). The first kappa shape index (κ1) is 23.6. The van der Waals surface area contributed by atoms with E-state index in [2.05, 4.69) is 40.3 Å². The van der Waals surface area contributed by atoms with E-state index in [0.717, 1.165) is 46.2 Å². The Hall–Kier alpha value is -4.52. The van der Waals surface area contributed by atoms with Gasteiger partial charge in [-0.2, -0.15) is 0 Å². The van der Waals surface area contributed by atoms with E-state index in [1.807, 2.05) is 65.7 Å². The number of hydrogen-bond donors (Lipinski definition) is 0. The minimum atomic E-state index is -0.0762. The van der Waals surface area contributed by atoms with Crippen LogP contribution in [0.4, 0.5) is 0 Å². The summed E-state index contributed by atoms with van der Waals surface area (Å²) in [6, 6.07) is 24.3. The average Bonchev–Trinajstić information content (AvgIpc) is 3.55. The van der Waals surface area contributed by atoms with Crippen molar-refractivity contribution in [2.24, 2.45) is 0 Å². The van der Waals surface area contributed by atoms with E-state index in [0.29, 0.717) is 30.5 Å². The molecule has 194 valence electrons. The maximum absolute atomic E-state index is 13.5. The van der Waals surface area contributed by atoms with Gasteiger partial charge in [-0.1, -0.05) is 30.3 Å². The molecule has 2 aliphatic rings. The highest BCUT2D eigenvalue weighted by molar-refractivity contribution is 5.95. The zero-order chi connectivity index (χ0) is 26.6. The predicted molar refractivity (Wildman–Crippen MR) is 149 cm³/mol. The van der Waals surface area contributed by atoms with Crippen molar-refractivity contribution in [2.75, 3.05) is 13.2 Å². The van der Waals surface area contributed by atoms with Gasteiger partial charge in [0.05, 0.1) is 12.1 Å². The summed E-state index contributed by atoms with van der Waals surface area (Å²) in [6.45, 7) is 5.28. The number of pyridine rings is 1. The number of piperidine rings is 1. The first-order valence-corrected chi connectivity index (χ1v) is 13.3. The second-order valence-corrected chi connectivity index (χ2v) is 10.7. The number of aryl methyl sites for hydroxylation is 1. The van der Waals surface area contributed by atoms with E-state index in [9.17, 15) is 4.79 Å². The first-order valence-electron chi connectivity index (χ1n) is 13.3. The van der Waals surface area contributed by atoms with Crippen molar-refractivity contribution >= 4 is 16.8 Å². The SMILES string of the molecule is Cc1nnc(-c2ccc(-c3ccc(C(=O)N4CCC5(COc6cc7cccnc7cc65)CC4C)cc3)cc2)o1. The fourth-order valence-electron chi connectivity index (χ4n) is 6.13. The number of benzene rings is 3. The molecule has 0 aliphatic carbocycles. The lowest BCUT2D eigenvalue weighted by molar-refractivity contribution is 0.0505. The second kappa shape index (κ2) is 9.05. The smallest absolute Gasteiger partial charge is 0.254 e. The van der Waals surface area contributed by atoms with Gasteiger partial charge in [-0.25, -0.2) is 0 Å². The molecule has 2 aromatic heterocycles. The summed E-state index contributed by atoms with van der Waals surface area (Å²) in [4.78, 5) is 20.1. The van der Waals surface area contributed by atoms with Crippen molar-refractivity contribution < 1.29 is 13.9 Å². The van der Waals surface area contributed by atoms with Crippen LogP contribution in [0.3, 0.4) is 0 Å². The summed E-state index contributed by atoms with van der Waals surface area (Å²) in [5, 5.41) is 9.06. The Kier molecular flexibility index (Phi) is 5.47. The van der Waals surface area contributed by atoms with Crippen LogP contribution in [-0.4, -0.2) is 45.2 Å². The molecule has 2 unspecified atom stereocenters. The first-order chi connectivity index (χ1) is 19.0. The van der Waals surface area contributed by atoms with Gasteiger partial charge in [0.15, 0.2) is 0 Å². The quantitative estimate of drug-likeness (QED) is 0.283. The monoisotopic (exact) mass is 516 g/mol. The Morgan fingerprint density at radius 3 is 2.44 bits per heavy atom. The van der Waals surface area contributed by atoms with Gasteiger partial charge in [-0.15, -0.1) is 10.2 Å². The summed E-state index contributed by atoms with van der Waals surface area (Å²) in [6.07, 6.45) is 3.57. The molecule has 0 radical (unpaired) electrons. The highest BCUT2D eigenvalue weighted by Gasteiger charge is 2.46. The highest BCUT2D eigenvalue weighted by Crippen LogP contribution is 2.48. The van der Waals surface area contributed by atoms with Gasteiger partial charge in [0, 0.05) is 53.2 Å². The largest absolute Gasteiger partial charge is 0.492 e. The van der Waals surface area contributed by atoms with Gasteiger partial charge in [0.2, 0.25) is 11.8 Å². The van der Waals surface area contributed by atoms with Crippen molar-refractivity contribution in [1.82, 2.24) is 20.1 Å². The Labute approximate surface area is 226 Å². The van der Waals surface area contributed by atoms with Crippen LogP contribution in [0.15, 0.2) is 83.4 Å². The predicted octanol–water partition coefficient (Wildman–Crippen LogP) is 6.22. The lowest BCUT2D eigenvalue weighted by Gasteiger charge is -2.43. The maximum Gasteiger partial charge on any atom is 0.254 e. The minimum Gasteiger partial charge on any atom is -0.492 e. The third kappa shape index (κ3) is 4.05. The van der Waals surface area contributed by atoms with Crippen molar-refractivity contribution in [3.63, 3.8) is 0 Å². The van der Waals surface area contributed by atoms with Gasteiger partial charge in [-0.3, -0.25) is 9.78 Å². The Morgan fingerprint density at radius 2 is 1.72 bits per heavy atom. The van der Waals surface area contributed by atoms with Gasteiger partial charge in [0.1, 0.15) is 5.75 Å². The minimum absolute atomic E-state index is 0.0744. The number of aromatic nitrogens is 3. The lowest BCUT2D eigenvalue weighted by Crippen LogP contribution is -2.50. The summed E-state index contributed by atoms with van der Waals surface area (Å²) in [7, 11) is 0. The van der Waals surface area contributed by atoms with Gasteiger partial charge in [0.25, 0.3) is 5.91 Å². The fraction of sp³-hybridized carbons (Fsp3) is 0.250. The van der Waals surface area contributed by atoms with E-state index >= 15 is 0 Å². The van der Waals surface area contributed by atoms with E-state index in [4.69, 9.17) is 9.15 Å². The zero-order valence-corrected chi connectivity index (χ0v) is 21.9. The van der Waals surface area contributed by atoms with Crippen molar-refractivity contribution in [1.29, 1.82) is 0 Å². The molecule has 0 bridgehead atoms. The van der Waals surface area contributed by atoms with Crippen LogP contribution in [0.5, 0.6) is 5.75 Å². The van der Waals surface area contributed by atoms with Gasteiger partial charge < -0.3 is 14.1 Å². The Balaban J connectivity index is 1.07. The molecule has 1 fully saturated rings. The molecule has 5 aromatic rings. The van der Waals surface area contributed by atoms with Crippen LogP contribution in [0.25, 0.3) is 33.5 Å². The molecular weight excluding hydrogens is 488 g/mol. The number of hydrogen-bond acceptors (Lipinski definition) is 6. The number of carbonyl (C=O) groups excluding carboxylic acids is 1. The van der Waals surface area contributed by atoms with E-state index < -0.39 is 0 Å².